The number of hydrogen-bond donors (Lipinski definition) is 1. The lowest BCUT2D eigenvalue weighted by atomic mass is 10.0. The van der Waals surface area contributed by atoms with Gasteiger partial charge in [-0.1, -0.05) is 0 Å². The van der Waals surface area contributed by atoms with Crippen molar-refractivity contribution in [2.45, 2.75) is 38.3 Å². The first kappa shape index (κ1) is 16.3. The minimum Gasteiger partial charge on any atom is -0.357 e. The zero-order valence-corrected chi connectivity index (χ0v) is 14.1. The summed E-state index contributed by atoms with van der Waals surface area (Å²) in [7, 11) is 0. The summed E-state index contributed by atoms with van der Waals surface area (Å²) in [6.07, 6.45) is 3.74. The lowest BCUT2D eigenvalue weighted by Gasteiger charge is -2.37. The van der Waals surface area contributed by atoms with Gasteiger partial charge >= 0.3 is 0 Å². The summed E-state index contributed by atoms with van der Waals surface area (Å²) in [6.45, 7) is 3.31. The molecule has 2 saturated heterocycles. The second-order valence-corrected chi connectivity index (χ2v) is 7.07. The van der Waals surface area contributed by atoms with Crippen molar-refractivity contribution >= 4 is 16.8 Å². The SMILES string of the molecule is O=C1CCCN1[C@@H]1CCCN(Cc2cc(=O)c3cc(F)ccc3[nH]2)C1. The Morgan fingerprint density at radius 3 is 2.84 bits per heavy atom. The third-order valence-electron chi connectivity index (χ3n) is 5.27. The molecule has 0 radical (unpaired) electrons. The van der Waals surface area contributed by atoms with Crippen molar-refractivity contribution in [1.82, 2.24) is 14.8 Å². The molecule has 0 bridgehead atoms. The molecule has 6 heteroatoms. The van der Waals surface area contributed by atoms with Crippen LogP contribution in [-0.2, 0) is 11.3 Å². The Kier molecular flexibility index (Phi) is 4.29. The molecule has 0 unspecified atom stereocenters. The second-order valence-electron chi connectivity index (χ2n) is 7.07. The molecule has 2 fully saturated rings. The van der Waals surface area contributed by atoms with Crippen LogP contribution in [0.2, 0.25) is 0 Å². The third-order valence-corrected chi connectivity index (χ3v) is 5.27. The average Bonchev–Trinajstić information content (AvgIpc) is 3.02. The maximum Gasteiger partial charge on any atom is 0.222 e. The van der Waals surface area contributed by atoms with Crippen LogP contribution in [0.1, 0.15) is 31.4 Å². The van der Waals surface area contributed by atoms with Gasteiger partial charge in [0.2, 0.25) is 5.91 Å². The molecule has 0 saturated carbocycles. The molecule has 0 spiro atoms. The molecule has 1 aromatic carbocycles. The van der Waals surface area contributed by atoms with Crippen LogP contribution in [0.25, 0.3) is 10.9 Å². The number of pyridine rings is 1. The molecule has 2 aliphatic rings. The number of carbonyl (C=O) groups excluding carboxylic acids is 1. The van der Waals surface area contributed by atoms with Crippen molar-refractivity contribution in [2.24, 2.45) is 0 Å². The van der Waals surface area contributed by atoms with Gasteiger partial charge in [-0.2, -0.15) is 0 Å². The quantitative estimate of drug-likeness (QED) is 0.930. The predicted octanol–water partition coefficient (Wildman–Crippen LogP) is 2.25. The molecule has 0 aliphatic carbocycles. The second kappa shape index (κ2) is 6.59. The highest BCUT2D eigenvalue weighted by atomic mass is 19.1. The van der Waals surface area contributed by atoms with Crippen LogP contribution in [0, 0.1) is 5.82 Å². The molecular formula is C19H22FN3O2. The first-order valence-electron chi connectivity index (χ1n) is 8.93. The van der Waals surface area contributed by atoms with E-state index < -0.39 is 5.82 Å². The van der Waals surface area contributed by atoms with Crippen molar-refractivity contribution in [2.75, 3.05) is 19.6 Å². The predicted molar refractivity (Wildman–Crippen MR) is 93.8 cm³/mol. The summed E-state index contributed by atoms with van der Waals surface area (Å²) in [6, 6.07) is 6.08. The molecule has 4 rings (SSSR count). The van der Waals surface area contributed by atoms with Gasteiger partial charge in [0.25, 0.3) is 0 Å². The molecular weight excluding hydrogens is 321 g/mol. The first-order chi connectivity index (χ1) is 12.1. The van der Waals surface area contributed by atoms with Gasteiger partial charge in [0.15, 0.2) is 5.43 Å². The number of H-pyrrole nitrogens is 1. The molecule has 25 heavy (non-hydrogen) atoms. The Morgan fingerprint density at radius 1 is 1.16 bits per heavy atom. The van der Waals surface area contributed by atoms with Gasteiger partial charge in [0.05, 0.1) is 0 Å². The van der Waals surface area contributed by atoms with E-state index in [1.54, 1.807) is 12.1 Å². The van der Waals surface area contributed by atoms with Crippen molar-refractivity contribution in [1.29, 1.82) is 0 Å². The van der Waals surface area contributed by atoms with Crippen LogP contribution >= 0.6 is 0 Å². The fourth-order valence-corrected chi connectivity index (χ4v) is 4.08. The highest BCUT2D eigenvalue weighted by molar-refractivity contribution is 5.79. The van der Waals surface area contributed by atoms with Gasteiger partial charge in [0.1, 0.15) is 5.82 Å². The van der Waals surface area contributed by atoms with Gasteiger partial charge in [-0.15, -0.1) is 0 Å². The zero-order valence-electron chi connectivity index (χ0n) is 14.1. The number of aromatic nitrogens is 1. The molecule has 5 nitrogen and oxygen atoms in total. The van der Waals surface area contributed by atoms with Gasteiger partial charge in [-0.05, 0) is 44.0 Å². The minimum absolute atomic E-state index is 0.161. The Morgan fingerprint density at radius 2 is 2.04 bits per heavy atom. The number of hydrogen-bond acceptors (Lipinski definition) is 3. The van der Waals surface area contributed by atoms with Crippen molar-refractivity contribution < 1.29 is 9.18 Å². The number of aromatic amines is 1. The summed E-state index contributed by atoms with van der Waals surface area (Å²) in [4.78, 5) is 31.8. The van der Waals surface area contributed by atoms with E-state index in [4.69, 9.17) is 0 Å². The number of benzene rings is 1. The molecule has 1 N–H and O–H groups in total. The van der Waals surface area contributed by atoms with Crippen LogP contribution in [-0.4, -0.2) is 46.4 Å². The Bertz CT molecular complexity index is 863. The smallest absolute Gasteiger partial charge is 0.222 e. The van der Waals surface area contributed by atoms with E-state index in [0.29, 0.717) is 23.9 Å². The highest BCUT2D eigenvalue weighted by Crippen LogP contribution is 2.22. The summed E-state index contributed by atoms with van der Waals surface area (Å²) in [5, 5.41) is 0.378. The lowest BCUT2D eigenvalue weighted by molar-refractivity contribution is -0.130. The van der Waals surface area contributed by atoms with Gasteiger partial charge in [-0.25, -0.2) is 4.39 Å². The number of nitrogens with zero attached hydrogens (tertiary/aromatic N) is 2. The van der Waals surface area contributed by atoms with Crippen LogP contribution in [0.15, 0.2) is 29.1 Å². The number of amides is 1. The van der Waals surface area contributed by atoms with E-state index in [1.807, 2.05) is 4.90 Å². The van der Waals surface area contributed by atoms with E-state index in [2.05, 4.69) is 9.88 Å². The van der Waals surface area contributed by atoms with Crippen LogP contribution < -0.4 is 5.43 Å². The molecule has 1 atom stereocenters. The molecule has 2 aliphatic heterocycles. The normalized spacial score (nSPS) is 22.0. The number of carbonyl (C=O) groups is 1. The van der Waals surface area contributed by atoms with E-state index >= 15 is 0 Å². The number of halogens is 1. The zero-order chi connectivity index (χ0) is 17.4. The van der Waals surface area contributed by atoms with E-state index in [1.165, 1.54) is 12.1 Å². The van der Waals surface area contributed by atoms with Gasteiger partial charge < -0.3 is 9.88 Å². The number of rotatable bonds is 3. The largest absolute Gasteiger partial charge is 0.357 e. The van der Waals surface area contributed by atoms with Gasteiger partial charge in [-0.3, -0.25) is 14.5 Å². The minimum atomic E-state index is -0.403. The van der Waals surface area contributed by atoms with Crippen LogP contribution in [0.3, 0.4) is 0 Å². The number of piperidine rings is 1. The fraction of sp³-hybridized carbons (Fsp3) is 0.474. The van der Waals surface area contributed by atoms with E-state index in [9.17, 15) is 14.0 Å². The Hall–Kier alpha value is -2.21. The lowest BCUT2D eigenvalue weighted by Crippen LogP contribution is -2.48. The average molecular weight is 343 g/mol. The van der Waals surface area contributed by atoms with Gasteiger partial charge in [0, 0.05) is 54.8 Å². The molecule has 2 aromatic rings. The Balaban J connectivity index is 1.51. The maximum atomic E-state index is 13.3. The van der Waals surface area contributed by atoms with Crippen molar-refractivity contribution in [3.63, 3.8) is 0 Å². The monoisotopic (exact) mass is 343 g/mol. The van der Waals surface area contributed by atoms with Crippen LogP contribution in [0.4, 0.5) is 4.39 Å². The number of nitrogens with one attached hydrogen (secondary N) is 1. The molecule has 3 heterocycles. The topological polar surface area (TPSA) is 56.4 Å². The first-order valence-corrected chi connectivity index (χ1v) is 8.93. The van der Waals surface area contributed by atoms with E-state index in [-0.39, 0.29) is 17.4 Å². The maximum absolute atomic E-state index is 13.3. The molecule has 1 amide bonds. The highest BCUT2D eigenvalue weighted by Gasteiger charge is 2.31. The summed E-state index contributed by atoms with van der Waals surface area (Å²) >= 11 is 0. The molecule has 1 aromatic heterocycles. The number of fused-ring (bicyclic) bond motifs is 1. The standard InChI is InChI=1S/C19H22FN3O2/c20-13-5-6-17-16(9-13)18(24)10-14(21-17)11-22-7-1-3-15(12-22)23-8-2-4-19(23)25/h5-6,9-10,15H,1-4,7-8,11-12H2,(H,21,24)/t15-/m1/s1. The summed E-state index contributed by atoms with van der Waals surface area (Å²) in [5.74, 6) is -0.132. The summed E-state index contributed by atoms with van der Waals surface area (Å²) < 4.78 is 13.3. The Labute approximate surface area is 145 Å². The van der Waals surface area contributed by atoms with Crippen molar-refractivity contribution in [3.8, 4) is 0 Å². The number of likely N-dealkylation sites (tertiary alicyclic amines) is 2. The van der Waals surface area contributed by atoms with E-state index in [0.717, 1.165) is 44.6 Å². The molecule has 132 valence electrons. The summed E-state index contributed by atoms with van der Waals surface area (Å²) in [5.41, 5.74) is 1.33. The third kappa shape index (κ3) is 3.31. The van der Waals surface area contributed by atoms with Crippen molar-refractivity contribution in [3.05, 3.63) is 46.0 Å². The fourth-order valence-electron chi connectivity index (χ4n) is 4.08. The van der Waals surface area contributed by atoms with Crippen LogP contribution in [0.5, 0.6) is 0 Å².